The molecule has 0 saturated carbocycles. The molecule has 1 N–H and O–H groups in total. The summed E-state index contributed by atoms with van der Waals surface area (Å²) >= 11 is 6.41. The minimum Gasteiger partial charge on any atom is -0.344 e. The lowest BCUT2D eigenvalue weighted by Crippen LogP contribution is -2.28. The van der Waals surface area contributed by atoms with Crippen molar-refractivity contribution in [1.29, 1.82) is 0 Å². The Morgan fingerprint density at radius 3 is 2.40 bits per heavy atom. The molecule has 0 aliphatic carbocycles. The minimum absolute atomic E-state index is 0.0997. The van der Waals surface area contributed by atoms with Crippen LogP contribution < -0.4 is 4.90 Å². The average molecular weight is 720 g/mol. The lowest BCUT2D eigenvalue weighted by Gasteiger charge is -2.25. The molecule has 0 fully saturated rings. The summed E-state index contributed by atoms with van der Waals surface area (Å²) < 4.78 is 35.9. The standard InChI is InChI=1S/C33H39IN2O4S2/c1-6-35-27-18-16-23(41)21-25(27)32(2,3)29(35)13-9-7-10-14-30-33(4,5)26-22-24(42(38,39)40)17-19-28(26)36(30)20-12-8-11-15-31(34)37/h7,9-10,13-14,16-19,21-22H,6,8,11-12,15,20H2,1-5H3,(H-,38,39,40,41)/p+1. The Labute approximate surface area is 269 Å². The van der Waals surface area contributed by atoms with E-state index < -0.39 is 15.5 Å². The fourth-order valence-corrected chi connectivity index (χ4v) is 7.22. The second-order valence-electron chi connectivity index (χ2n) is 11.8. The van der Waals surface area contributed by atoms with Crippen LogP contribution in [0.15, 0.2) is 82.3 Å². The van der Waals surface area contributed by atoms with Gasteiger partial charge in [0.1, 0.15) is 6.54 Å². The monoisotopic (exact) mass is 719 g/mol. The second kappa shape index (κ2) is 12.8. The Balaban J connectivity index is 1.63. The van der Waals surface area contributed by atoms with Gasteiger partial charge in [0.15, 0.2) is 9.50 Å². The Kier molecular flexibility index (Phi) is 9.96. The van der Waals surface area contributed by atoms with E-state index in [4.69, 9.17) is 0 Å². The van der Waals surface area contributed by atoms with Gasteiger partial charge in [-0.05, 0) is 98.2 Å². The minimum atomic E-state index is -4.32. The van der Waals surface area contributed by atoms with E-state index in [9.17, 15) is 17.8 Å². The van der Waals surface area contributed by atoms with Crippen LogP contribution >= 0.6 is 35.2 Å². The molecule has 4 rings (SSSR count). The van der Waals surface area contributed by atoms with E-state index in [-0.39, 0.29) is 14.1 Å². The van der Waals surface area contributed by atoms with Gasteiger partial charge < -0.3 is 4.90 Å². The zero-order chi connectivity index (χ0) is 30.9. The Hall–Kier alpha value is -2.21. The quantitative estimate of drug-likeness (QED) is 0.0470. The summed E-state index contributed by atoms with van der Waals surface area (Å²) in [5.41, 5.74) is 5.96. The van der Waals surface area contributed by atoms with Gasteiger partial charge in [0.25, 0.3) is 10.1 Å². The van der Waals surface area contributed by atoms with Crippen molar-refractivity contribution < 1.29 is 22.3 Å². The van der Waals surface area contributed by atoms with E-state index in [1.165, 1.54) is 23.0 Å². The molecule has 42 heavy (non-hydrogen) atoms. The molecule has 9 heteroatoms. The summed E-state index contributed by atoms with van der Waals surface area (Å²) in [6.07, 6.45) is 13.6. The predicted molar refractivity (Wildman–Crippen MR) is 183 cm³/mol. The van der Waals surface area contributed by atoms with Gasteiger partial charge in [-0.1, -0.05) is 32.1 Å². The van der Waals surface area contributed by atoms with Crippen LogP contribution in [0.4, 0.5) is 11.4 Å². The van der Waals surface area contributed by atoms with Crippen LogP contribution in [-0.4, -0.2) is 40.1 Å². The van der Waals surface area contributed by atoms with Gasteiger partial charge in [-0.3, -0.25) is 9.35 Å². The number of hydrogen-bond acceptors (Lipinski definition) is 5. The first kappa shape index (κ1) is 32.7. The number of carbonyl (C=O) groups excluding carboxylic acids is 1. The average Bonchev–Trinajstić information content (AvgIpc) is 3.25. The number of thiol groups is 1. The van der Waals surface area contributed by atoms with Crippen molar-refractivity contribution in [3.8, 4) is 0 Å². The number of likely N-dealkylation sites (N-methyl/N-ethyl adjacent to an activating group) is 1. The molecule has 2 aromatic rings. The summed E-state index contributed by atoms with van der Waals surface area (Å²) in [4.78, 5) is 14.6. The lowest BCUT2D eigenvalue weighted by atomic mass is 9.81. The number of halogens is 1. The maximum Gasteiger partial charge on any atom is 0.294 e. The highest BCUT2D eigenvalue weighted by molar-refractivity contribution is 14.1. The number of nitrogens with zero attached hydrogens (tertiary/aromatic N) is 2. The Bertz CT molecular complexity index is 1620. The molecule has 0 saturated heterocycles. The summed E-state index contributed by atoms with van der Waals surface area (Å²) in [5.74, 6) is 0. The molecule has 2 aromatic carbocycles. The van der Waals surface area contributed by atoms with Crippen LogP contribution in [-0.2, 0) is 25.7 Å². The van der Waals surface area contributed by atoms with Gasteiger partial charge in [0.05, 0.1) is 10.3 Å². The number of unbranched alkanes of at least 4 members (excludes halogenated alkanes) is 2. The Morgan fingerprint density at radius 2 is 1.74 bits per heavy atom. The Morgan fingerprint density at radius 1 is 1.00 bits per heavy atom. The van der Waals surface area contributed by atoms with E-state index in [1.807, 2.05) is 40.8 Å². The molecule has 0 spiro atoms. The maximum atomic E-state index is 11.9. The molecular formula is C33H40IN2O4S2+. The zero-order valence-corrected chi connectivity index (χ0v) is 28.8. The summed E-state index contributed by atoms with van der Waals surface area (Å²) in [7, 11) is -4.32. The fraction of sp³-hybridized carbons (Fsp3) is 0.394. The van der Waals surface area contributed by atoms with Crippen LogP contribution in [0.5, 0.6) is 0 Å². The van der Waals surface area contributed by atoms with Crippen molar-refractivity contribution in [3.05, 3.63) is 83.6 Å². The first-order valence-electron chi connectivity index (χ1n) is 14.3. The number of rotatable bonds is 11. The lowest BCUT2D eigenvalue weighted by molar-refractivity contribution is -0.438. The number of anilines is 1. The fourth-order valence-electron chi connectivity index (χ4n) is 6.13. The largest absolute Gasteiger partial charge is 0.344 e. The molecule has 2 aliphatic heterocycles. The van der Waals surface area contributed by atoms with Crippen LogP contribution in [0, 0.1) is 0 Å². The third-order valence-electron chi connectivity index (χ3n) is 8.34. The highest BCUT2D eigenvalue weighted by Gasteiger charge is 2.45. The molecule has 0 aromatic heterocycles. The number of benzene rings is 2. The van der Waals surface area contributed by atoms with Crippen molar-refractivity contribution in [2.45, 2.75) is 80.9 Å². The van der Waals surface area contributed by atoms with Gasteiger partial charge in [-0.2, -0.15) is 13.0 Å². The molecule has 2 aliphatic rings. The van der Waals surface area contributed by atoms with Crippen LogP contribution in [0.2, 0.25) is 0 Å². The summed E-state index contributed by atoms with van der Waals surface area (Å²) in [6, 6.07) is 11.2. The molecule has 6 nitrogen and oxygen atoms in total. The van der Waals surface area contributed by atoms with Gasteiger partial charge in [-0.15, -0.1) is 12.6 Å². The SMILES string of the molecule is CCN1C(=CC=CC=CC2=[N+](CCCCCC(=O)I)c3ccc(S(=O)(=O)O)cc3C2(C)C)C(C)(C)c2cc(S)ccc21. The van der Waals surface area contributed by atoms with E-state index in [1.54, 1.807) is 12.1 Å². The third kappa shape index (κ3) is 6.64. The predicted octanol–water partition coefficient (Wildman–Crippen LogP) is 7.93. The normalized spacial score (nSPS) is 18.5. The van der Waals surface area contributed by atoms with Gasteiger partial charge >= 0.3 is 0 Å². The highest BCUT2D eigenvalue weighted by Crippen LogP contribution is 2.48. The number of carbonyl (C=O) groups is 1. The molecule has 0 atom stereocenters. The van der Waals surface area contributed by atoms with E-state index in [2.05, 4.69) is 87.1 Å². The van der Waals surface area contributed by atoms with E-state index in [0.29, 0.717) is 6.42 Å². The van der Waals surface area contributed by atoms with Crippen molar-refractivity contribution in [2.24, 2.45) is 0 Å². The van der Waals surface area contributed by atoms with E-state index >= 15 is 0 Å². The molecule has 224 valence electrons. The number of allylic oxidation sites excluding steroid dienone is 6. The summed E-state index contributed by atoms with van der Waals surface area (Å²) in [6.45, 7) is 12.4. The van der Waals surface area contributed by atoms with Gasteiger partial charge in [-0.25, -0.2) is 0 Å². The van der Waals surface area contributed by atoms with Gasteiger partial charge in [0.2, 0.25) is 5.69 Å². The smallest absolute Gasteiger partial charge is 0.294 e. The molecule has 0 bridgehead atoms. The highest BCUT2D eigenvalue weighted by atomic mass is 127. The zero-order valence-electron chi connectivity index (χ0n) is 24.9. The van der Waals surface area contributed by atoms with Crippen LogP contribution in [0.1, 0.15) is 71.4 Å². The molecule has 0 unspecified atom stereocenters. The summed E-state index contributed by atoms with van der Waals surface area (Å²) in [5, 5.41) is 0. The van der Waals surface area contributed by atoms with Gasteiger partial charge in [0, 0.05) is 58.8 Å². The van der Waals surface area contributed by atoms with Crippen molar-refractivity contribution in [1.82, 2.24) is 0 Å². The molecular weight excluding hydrogens is 679 g/mol. The number of hydrogen-bond donors (Lipinski definition) is 2. The molecule has 2 heterocycles. The first-order valence-corrected chi connectivity index (χ1v) is 17.3. The maximum absolute atomic E-state index is 11.9. The molecule has 0 radical (unpaired) electrons. The van der Waals surface area contributed by atoms with Crippen LogP contribution in [0.25, 0.3) is 0 Å². The van der Waals surface area contributed by atoms with E-state index in [0.717, 1.165) is 54.2 Å². The van der Waals surface area contributed by atoms with Crippen molar-refractivity contribution in [3.63, 3.8) is 0 Å². The van der Waals surface area contributed by atoms with Crippen molar-refractivity contribution in [2.75, 3.05) is 18.0 Å². The second-order valence-corrected chi connectivity index (χ2v) is 15.0. The molecule has 0 amide bonds. The topological polar surface area (TPSA) is 77.7 Å². The van der Waals surface area contributed by atoms with Crippen molar-refractivity contribution >= 4 is 66.2 Å². The number of fused-ring (bicyclic) bond motifs is 2. The first-order chi connectivity index (χ1) is 19.7. The van der Waals surface area contributed by atoms with Crippen LogP contribution in [0.3, 0.4) is 0 Å². The third-order valence-corrected chi connectivity index (χ3v) is 10.0.